The van der Waals surface area contributed by atoms with E-state index in [0.717, 1.165) is 38.5 Å². The summed E-state index contributed by atoms with van der Waals surface area (Å²) in [7, 11) is 1.57. The summed E-state index contributed by atoms with van der Waals surface area (Å²) in [5.41, 5.74) is 0. The van der Waals surface area contributed by atoms with Gasteiger partial charge in [-0.3, -0.25) is 0 Å². The number of pyridine rings is 1. The van der Waals surface area contributed by atoms with Crippen molar-refractivity contribution in [3.8, 4) is 0 Å². The summed E-state index contributed by atoms with van der Waals surface area (Å²) < 4.78 is 27.1. The van der Waals surface area contributed by atoms with Crippen LogP contribution in [0.4, 0.5) is 20.4 Å². The number of nitrogens with one attached hydrogen (secondary N) is 2. The number of piperidine rings is 3. The van der Waals surface area contributed by atoms with Crippen LogP contribution < -0.4 is 10.6 Å². The van der Waals surface area contributed by atoms with E-state index in [9.17, 15) is 8.78 Å². The van der Waals surface area contributed by atoms with Gasteiger partial charge in [0.1, 0.15) is 0 Å². The van der Waals surface area contributed by atoms with E-state index in [0.29, 0.717) is 5.92 Å². The molecule has 19 heavy (non-hydrogen) atoms. The number of anilines is 2. The van der Waals surface area contributed by atoms with Crippen molar-refractivity contribution in [2.45, 2.75) is 18.9 Å². The van der Waals surface area contributed by atoms with Crippen molar-refractivity contribution in [1.82, 2.24) is 9.88 Å². The Bertz CT molecular complexity index is 472. The number of hydrogen-bond acceptors (Lipinski definition) is 4. The van der Waals surface area contributed by atoms with Crippen LogP contribution in [0.2, 0.25) is 0 Å². The van der Waals surface area contributed by atoms with Gasteiger partial charge in [-0.05, 0) is 31.8 Å². The van der Waals surface area contributed by atoms with E-state index in [1.807, 2.05) is 0 Å². The molecule has 0 aromatic carbocycles. The third-order valence-electron chi connectivity index (χ3n) is 4.14. The molecular weight excluding hydrogens is 250 g/mol. The number of rotatable bonds is 3. The molecule has 3 aliphatic heterocycles. The molecule has 2 bridgehead atoms. The summed E-state index contributed by atoms with van der Waals surface area (Å²) in [5.74, 6) is -0.517. The van der Waals surface area contributed by atoms with Crippen LogP contribution in [0.1, 0.15) is 12.8 Å². The molecule has 1 atom stereocenters. The SMILES string of the molecule is CNc1nc(NC2CN3CCC2CC3)c(F)cc1F. The molecule has 1 aromatic rings. The van der Waals surface area contributed by atoms with Gasteiger partial charge in [-0.1, -0.05) is 0 Å². The number of aromatic nitrogens is 1. The van der Waals surface area contributed by atoms with E-state index in [4.69, 9.17) is 0 Å². The summed E-state index contributed by atoms with van der Waals surface area (Å²) in [5, 5.41) is 5.78. The van der Waals surface area contributed by atoms with Gasteiger partial charge in [-0.25, -0.2) is 13.8 Å². The van der Waals surface area contributed by atoms with Gasteiger partial charge >= 0.3 is 0 Å². The first-order valence-electron chi connectivity index (χ1n) is 6.70. The van der Waals surface area contributed by atoms with Crippen molar-refractivity contribution in [3.63, 3.8) is 0 Å². The zero-order valence-electron chi connectivity index (χ0n) is 10.9. The van der Waals surface area contributed by atoms with Crippen LogP contribution in [0.25, 0.3) is 0 Å². The van der Waals surface area contributed by atoms with Gasteiger partial charge in [0.2, 0.25) is 0 Å². The minimum atomic E-state index is -0.667. The Labute approximate surface area is 111 Å². The van der Waals surface area contributed by atoms with Crippen LogP contribution >= 0.6 is 0 Å². The van der Waals surface area contributed by atoms with Crippen LogP contribution in [-0.2, 0) is 0 Å². The molecule has 4 nitrogen and oxygen atoms in total. The van der Waals surface area contributed by atoms with E-state index < -0.39 is 11.6 Å². The predicted molar refractivity (Wildman–Crippen MR) is 70.3 cm³/mol. The highest BCUT2D eigenvalue weighted by Gasteiger charge is 2.34. The summed E-state index contributed by atoms with van der Waals surface area (Å²) in [6, 6.07) is 1.09. The molecule has 104 valence electrons. The van der Waals surface area contributed by atoms with Gasteiger partial charge in [0, 0.05) is 25.7 Å². The second-order valence-corrected chi connectivity index (χ2v) is 5.29. The number of halogens is 2. The van der Waals surface area contributed by atoms with E-state index in [2.05, 4.69) is 20.5 Å². The van der Waals surface area contributed by atoms with Crippen LogP contribution in [-0.4, -0.2) is 42.6 Å². The Hall–Kier alpha value is -1.43. The zero-order valence-corrected chi connectivity index (χ0v) is 10.9. The number of nitrogens with zero attached hydrogens (tertiary/aromatic N) is 2. The maximum atomic E-state index is 13.8. The van der Waals surface area contributed by atoms with Crippen LogP contribution in [0.3, 0.4) is 0 Å². The van der Waals surface area contributed by atoms with Crippen molar-refractivity contribution in [2.24, 2.45) is 5.92 Å². The molecule has 4 rings (SSSR count). The smallest absolute Gasteiger partial charge is 0.168 e. The molecule has 2 N–H and O–H groups in total. The van der Waals surface area contributed by atoms with Gasteiger partial charge in [-0.2, -0.15) is 0 Å². The summed E-state index contributed by atoms with van der Waals surface area (Å²) in [6.45, 7) is 3.17. The Balaban J connectivity index is 1.79. The predicted octanol–water partition coefficient (Wildman–Crippen LogP) is 1.91. The summed E-state index contributed by atoms with van der Waals surface area (Å²) >= 11 is 0. The zero-order chi connectivity index (χ0) is 13.4. The minimum absolute atomic E-state index is 0.0742. The van der Waals surface area contributed by atoms with Gasteiger partial charge in [0.15, 0.2) is 23.3 Å². The molecule has 0 radical (unpaired) electrons. The van der Waals surface area contributed by atoms with Gasteiger partial charge in [0.25, 0.3) is 0 Å². The molecule has 3 aliphatic rings. The molecule has 3 saturated heterocycles. The van der Waals surface area contributed by atoms with Gasteiger partial charge < -0.3 is 15.5 Å². The Morgan fingerprint density at radius 1 is 1.21 bits per heavy atom. The van der Waals surface area contributed by atoms with Crippen molar-refractivity contribution in [3.05, 3.63) is 17.7 Å². The summed E-state index contributed by atoms with van der Waals surface area (Å²) in [4.78, 5) is 6.35. The highest BCUT2D eigenvalue weighted by atomic mass is 19.1. The molecular formula is C13H18F2N4. The van der Waals surface area contributed by atoms with E-state index in [1.165, 1.54) is 0 Å². The molecule has 1 aromatic heterocycles. The Morgan fingerprint density at radius 3 is 2.47 bits per heavy atom. The highest BCUT2D eigenvalue weighted by Crippen LogP contribution is 2.30. The molecule has 6 heteroatoms. The largest absolute Gasteiger partial charge is 0.371 e. The monoisotopic (exact) mass is 268 g/mol. The average molecular weight is 268 g/mol. The standard InChI is InChI=1S/C13H18F2N4/c1-16-12-9(14)6-10(15)13(18-12)17-11-7-19-4-2-8(11)3-5-19/h6,8,11H,2-5,7H2,1H3,(H2,16,17,18). The molecule has 0 saturated carbocycles. The highest BCUT2D eigenvalue weighted by molar-refractivity contribution is 5.48. The summed E-state index contributed by atoms with van der Waals surface area (Å²) in [6.07, 6.45) is 2.28. The lowest BCUT2D eigenvalue weighted by molar-refractivity contribution is 0.0972. The fourth-order valence-electron chi connectivity index (χ4n) is 3.05. The molecule has 1 unspecified atom stereocenters. The van der Waals surface area contributed by atoms with Crippen LogP contribution in [0, 0.1) is 17.6 Å². The first kappa shape index (κ1) is 12.6. The average Bonchev–Trinajstić information content (AvgIpc) is 2.43. The number of hydrogen-bond donors (Lipinski definition) is 2. The third kappa shape index (κ3) is 2.36. The Kier molecular flexibility index (Phi) is 3.26. The molecule has 0 spiro atoms. The van der Waals surface area contributed by atoms with Gasteiger partial charge in [0.05, 0.1) is 0 Å². The first-order chi connectivity index (χ1) is 9.17. The molecule has 0 amide bonds. The third-order valence-corrected chi connectivity index (χ3v) is 4.14. The lowest BCUT2D eigenvalue weighted by Crippen LogP contribution is -2.53. The second kappa shape index (κ2) is 4.92. The second-order valence-electron chi connectivity index (χ2n) is 5.29. The van der Waals surface area contributed by atoms with E-state index >= 15 is 0 Å². The maximum Gasteiger partial charge on any atom is 0.168 e. The lowest BCUT2D eigenvalue weighted by atomic mass is 9.84. The quantitative estimate of drug-likeness (QED) is 0.878. The first-order valence-corrected chi connectivity index (χ1v) is 6.70. The van der Waals surface area contributed by atoms with Crippen LogP contribution in [0.15, 0.2) is 6.07 Å². The van der Waals surface area contributed by atoms with Crippen molar-refractivity contribution in [1.29, 1.82) is 0 Å². The normalized spacial score (nSPS) is 29.3. The molecule has 3 fully saturated rings. The minimum Gasteiger partial charge on any atom is -0.371 e. The van der Waals surface area contributed by atoms with Crippen molar-refractivity contribution >= 4 is 11.6 Å². The Morgan fingerprint density at radius 2 is 1.89 bits per heavy atom. The maximum absolute atomic E-state index is 13.8. The van der Waals surface area contributed by atoms with Crippen molar-refractivity contribution in [2.75, 3.05) is 37.3 Å². The van der Waals surface area contributed by atoms with E-state index in [-0.39, 0.29) is 17.7 Å². The fourth-order valence-corrected chi connectivity index (χ4v) is 3.05. The molecule has 0 aliphatic carbocycles. The topological polar surface area (TPSA) is 40.2 Å². The van der Waals surface area contributed by atoms with Crippen LogP contribution in [0.5, 0.6) is 0 Å². The lowest BCUT2D eigenvalue weighted by Gasteiger charge is -2.45. The number of fused-ring (bicyclic) bond motifs is 3. The van der Waals surface area contributed by atoms with E-state index in [1.54, 1.807) is 7.05 Å². The van der Waals surface area contributed by atoms with Gasteiger partial charge in [-0.15, -0.1) is 0 Å². The fraction of sp³-hybridized carbons (Fsp3) is 0.615. The van der Waals surface area contributed by atoms with Crippen molar-refractivity contribution < 1.29 is 8.78 Å². The molecule has 4 heterocycles.